The molecule has 4 heterocycles. The van der Waals surface area contributed by atoms with Gasteiger partial charge in [0.15, 0.2) is 11.6 Å². The van der Waals surface area contributed by atoms with E-state index in [4.69, 9.17) is 26.1 Å². The van der Waals surface area contributed by atoms with Crippen LogP contribution in [0.25, 0.3) is 11.4 Å². The van der Waals surface area contributed by atoms with Gasteiger partial charge in [0, 0.05) is 30.1 Å². The molecule has 0 amide bonds. The fourth-order valence-electron chi connectivity index (χ4n) is 3.30. The lowest BCUT2D eigenvalue weighted by Gasteiger charge is -2.34. The van der Waals surface area contributed by atoms with Crippen LogP contribution in [0.3, 0.4) is 0 Å². The molecule has 0 radical (unpaired) electrons. The smallest absolute Gasteiger partial charge is 0.167 e. The molecular formula is C19H24ClN5O3S. The number of aryl methyl sites for hydroxylation is 1. The van der Waals surface area contributed by atoms with Crippen LogP contribution in [-0.4, -0.2) is 69.7 Å². The zero-order valence-corrected chi connectivity index (χ0v) is 18.2. The van der Waals surface area contributed by atoms with Crippen molar-refractivity contribution in [2.75, 3.05) is 44.1 Å². The average molecular weight is 438 g/mol. The molecule has 2 aromatic heterocycles. The second-order valence-electron chi connectivity index (χ2n) is 7.46. The van der Waals surface area contributed by atoms with Gasteiger partial charge in [-0.3, -0.25) is 0 Å². The number of morpholine rings is 1. The quantitative estimate of drug-likeness (QED) is 0.679. The normalized spacial score (nSPS) is 22.1. The highest BCUT2D eigenvalue weighted by Gasteiger charge is 2.28. The van der Waals surface area contributed by atoms with Gasteiger partial charge in [-0.1, -0.05) is 11.6 Å². The van der Waals surface area contributed by atoms with E-state index in [0.717, 1.165) is 17.1 Å². The zero-order valence-electron chi connectivity index (χ0n) is 16.7. The number of hydrogen-bond acceptors (Lipinski definition) is 8. The maximum atomic E-state index is 13.1. The number of rotatable bonds is 4. The van der Waals surface area contributed by atoms with Gasteiger partial charge in [-0.25, -0.2) is 19.2 Å². The maximum Gasteiger partial charge on any atom is 0.167 e. The van der Waals surface area contributed by atoms with E-state index >= 15 is 0 Å². The van der Waals surface area contributed by atoms with E-state index in [9.17, 15) is 4.21 Å². The Morgan fingerprint density at radius 2 is 1.97 bits per heavy atom. The molecule has 2 atom stereocenters. The summed E-state index contributed by atoms with van der Waals surface area (Å²) >= 11 is 6.15. The molecule has 1 unspecified atom stereocenters. The van der Waals surface area contributed by atoms with Crippen LogP contribution in [-0.2, 0) is 19.2 Å². The van der Waals surface area contributed by atoms with Gasteiger partial charge in [-0.05, 0) is 26.0 Å². The molecule has 0 saturated carbocycles. The van der Waals surface area contributed by atoms with E-state index in [2.05, 4.69) is 26.2 Å². The minimum absolute atomic E-state index is 0.0794. The molecule has 0 spiro atoms. The van der Waals surface area contributed by atoms with Gasteiger partial charge in [0.05, 0.1) is 47.4 Å². The summed E-state index contributed by atoms with van der Waals surface area (Å²) in [6.07, 6.45) is 1.66. The molecule has 8 nitrogen and oxygen atoms in total. The van der Waals surface area contributed by atoms with Crippen molar-refractivity contribution in [1.82, 2.24) is 15.0 Å². The zero-order chi connectivity index (χ0) is 20.6. The monoisotopic (exact) mass is 437 g/mol. The van der Waals surface area contributed by atoms with Crippen molar-refractivity contribution in [1.29, 1.82) is 0 Å². The molecule has 10 heteroatoms. The molecule has 4 rings (SSSR count). The number of hydrogen-bond donors (Lipinski definition) is 0. The van der Waals surface area contributed by atoms with Crippen LogP contribution in [0.2, 0.25) is 5.15 Å². The summed E-state index contributed by atoms with van der Waals surface area (Å²) < 4.78 is 28.3. The van der Waals surface area contributed by atoms with Crippen LogP contribution in [0.1, 0.15) is 12.6 Å². The molecule has 2 saturated heterocycles. The van der Waals surface area contributed by atoms with Gasteiger partial charge < -0.3 is 14.4 Å². The largest absolute Gasteiger partial charge is 0.379 e. The van der Waals surface area contributed by atoms with Crippen molar-refractivity contribution in [3.63, 3.8) is 0 Å². The van der Waals surface area contributed by atoms with E-state index in [1.54, 1.807) is 18.4 Å². The Hall–Kier alpha value is -1.81. The second-order valence-corrected chi connectivity index (χ2v) is 10.4. The Kier molecular flexibility index (Phi) is 5.74. The Labute approximate surface area is 175 Å². The van der Waals surface area contributed by atoms with E-state index in [1.165, 1.54) is 0 Å². The lowest BCUT2D eigenvalue weighted by molar-refractivity contribution is 0.0431. The molecule has 2 fully saturated rings. The van der Waals surface area contributed by atoms with E-state index in [1.807, 2.05) is 13.0 Å². The third-order valence-electron chi connectivity index (χ3n) is 5.04. The van der Waals surface area contributed by atoms with Crippen LogP contribution in [0.5, 0.6) is 0 Å². The first-order valence-electron chi connectivity index (χ1n) is 9.48. The first kappa shape index (κ1) is 20.5. The van der Waals surface area contributed by atoms with Gasteiger partial charge in [0.1, 0.15) is 11.0 Å². The standard InChI is InChI=1S/C19H24ClN5O3S/c1-12-6-14(7-16(20)21-12)19-22-17(24-29(3,26)15-10-28-11-15)8-18(23-19)25-4-5-27-9-13(25)2/h6-8,13,15H,4-5,9-11H2,1-3H3/t13-,29?/m1/s1. The molecule has 156 valence electrons. The number of ether oxygens (including phenoxy) is 2. The molecule has 0 N–H and O–H groups in total. The van der Waals surface area contributed by atoms with Crippen LogP contribution in [0.15, 0.2) is 22.6 Å². The molecule has 0 aromatic carbocycles. The Balaban J connectivity index is 1.83. The molecule has 0 bridgehead atoms. The van der Waals surface area contributed by atoms with Crippen LogP contribution in [0, 0.1) is 6.92 Å². The Morgan fingerprint density at radius 3 is 2.62 bits per heavy atom. The third-order valence-corrected chi connectivity index (χ3v) is 7.29. The van der Waals surface area contributed by atoms with E-state index in [0.29, 0.717) is 49.8 Å². The molecular weight excluding hydrogens is 414 g/mol. The predicted octanol–water partition coefficient (Wildman–Crippen LogP) is 2.85. The number of halogens is 1. The Morgan fingerprint density at radius 1 is 1.17 bits per heavy atom. The van der Waals surface area contributed by atoms with Gasteiger partial charge in [-0.2, -0.15) is 4.36 Å². The Bertz CT molecular complexity index is 1020. The maximum absolute atomic E-state index is 13.1. The summed E-state index contributed by atoms with van der Waals surface area (Å²) in [7, 11) is -2.47. The first-order valence-corrected chi connectivity index (χ1v) is 11.8. The molecule has 29 heavy (non-hydrogen) atoms. The molecule has 2 aliphatic heterocycles. The molecule has 0 aliphatic carbocycles. The molecule has 2 aromatic rings. The summed E-state index contributed by atoms with van der Waals surface area (Å²) in [4.78, 5) is 15.7. The fraction of sp³-hybridized carbons (Fsp3) is 0.526. The van der Waals surface area contributed by atoms with Crippen molar-refractivity contribution < 1.29 is 13.7 Å². The van der Waals surface area contributed by atoms with Gasteiger partial charge in [0.25, 0.3) is 0 Å². The van der Waals surface area contributed by atoms with E-state index in [-0.39, 0.29) is 11.3 Å². The lowest BCUT2D eigenvalue weighted by atomic mass is 10.2. The minimum atomic E-state index is -2.47. The highest BCUT2D eigenvalue weighted by molar-refractivity contribution is 7.93. The number of anilines is 1. The summed E-state index contributed by atoms with van der Waals surface area (Å²) in [5.41, 5.74) is 1.52. The minimum Gasteiger partial charge on any atom is -0.379 e. The summed E-state index contributed by atoms with van der Waals surface area (Å²) in [5.74, 6) is 1.61. The predicted molar refractivity (Wildman–Crippen MR) is 113 cm³/mol. The van der Waals surface area contributed by atoms with Gasteiger partial charge >= 0.3 is 0 Å². The fourth-order valence-corrected chi connectivity index (χ4v) is 4.86. The van der Waals surface area contributed by atoms with Crippen molar-refractivity contribution >= 4 is 33.0 Å². The molecule has 2 aliphatic rings. The van der Waals surface area contributed by atoms with Crippen molar-refractivity contribution in [2.24, 2.45) is 4.36 Å². The summed E-state index contributed by atoms with van der Waals surface area (Å²) in [6.45, 7) is 6.83. The van der Waals surface area contributed by atoms with Gasteiger partial charge in [0.2, 0.25) is 0 Å². The highest BCUT2D eigenvalue weighted by atomic mass is 35.5. The van der Waals surface area contributed by atoms with Crippen LogP contribution < -0.4 is 4.90 Å². The number of nitrogens with zero attached hydrogens (tertiary/aromatic N) is 5. The summed E-state index contributed by atoms with van der Waals surface area (Å²) in [6, 6.07) is 5.56. The van der Waals surface area contributed by atoms with Crippen LogP contribution >= 0.6 is 11.6 Å². The number of pyridine rings is 1. The topological polar surface area (TPSA) is 89.8 Å². The van der Waals surface area contributed by atoms with Crippen molar-refractivity contribution in [3.8, 4) is 11.4 Å². The van der Waals surface area contributed by atoms with Crippen molar-refractivity contribution in [3.05, 3.63) is 29.0 Å². The van der Waals surface area contributed by atoms with Crippen molar-refractivity contribution in [2.45, 2.75) is 25.1 Å². The SMILES string of the molecule is Cc1cc(-c2nc(N=S(C)(=O)C3COC3)cc(N3CCOC[C@H]3C)n2)cc(Cl)n1. The average Bonchev–Trinajstić information content (AvgIpc) is 2.58. The lowest BCUT2D eigenvalue weighted by Crippen LogP contribution is -2.44. The first-order chi connectivity index (χ1) is 13.8. The van der Waals surface area contributed by atoms with E-state index < -0.39 is 9.73 Å². The second kappa shape index (κ2) is 8.14. The number of aromatic nitrogens is 3. The highest BCUT2D eigenvalue weighted by Crippen LogP contribution is 2.29. The summed E-state index contributed by atoms with van der Waals surface area (Å²) in [5, 5.41) is 0.294. The van der Waals surface area contributed by atoms with Gasteiger partial charge in [-0.15, -0.1) is 0 Å². The van der Waals surface area contributed by atoms with Crippen LogP contribution in [0.4, 0.5) is 11.6 Å². The third kappa shape index (κ3) is 4.53.